The first kappa shape index (κ1) is 16.4. The number of aryl methyl sites for hydroxylation is 1. The van der Waals surface area contributed by atoms with E-state index in [4.69, 9.17) is 0 Å². The molecule has 1 aliphatic heterocycles. The molecule has 0 unspecified atom stereocenters. The Balaban J connectivity index is 2.30. The molecule has 0 radical (unpaired) electrons. The van der Waals surface area contributed by atoms with E-state index in [0.717, 1.165) is 5.75 Å². The molecule has 0 saturated carbocycles. The van der Waals surface area contributed by atoms with Gasteiger partial charge in [0.25, 0.3) is 0 Å². The van der Waals surface area contributed by atoms with Gasteiger partial charge >= 0.3 is 0 Å². The van der Waals surface area contributed by atoms with E-state index in [-0.39, 0.29) is 0 Å². The molecule has 1 aliphatic rings. The summed E-state index contributed by atoms with van der Waals surface area (Å²) < 4.78 is 0. The zero-order valence-electron chi connectivity index (χ0n) is 13.3. The molecule has 0 nitrogen and oxygen atoms in total. The van der Waals surface area contributed by atoms with Gasteiger partial charge in [0.1, 0.15) is 0 Å². The predicted octanol–water partition coefficient (Wildman–Crippen LogP) is 6.25. The van der Waals surface area contributed by atoms with Gasteiger partial charge in [-0.05, 0) is 36.6 Å². The number of hydrogen-bond acceptors (Lipinski definition) is 1. The molecule has 0 bridgehead atoms. The van der Waals surface area contributed by atoms with Crippen LogP contribution in [-0.4, -0.2) is 5.75 Å². The topological polar surface area (TPSA) is 0 Å². The fraction of sp³-hybridized carbons (Fsp3) is 0.143. The van der Waals surface area contributed by atoms with Crippen LogP contribution in [0.25, 0.3) is 5.57 Å². The molecule has 22 heavy (non-hydrogen) atoms. The number of allylic oxidation sites excluding steroid dienone is 9. The Morgan fingerprint density at radius 3 is 2.59 bits per heavy atom. The zero-order chi connectivity index (χ0) is 15.8. The molecular weight excluding hydrogens is 284 g/mol. The van der Waals surface area contributed by atoms with Gasteiger partial charge in [0.05, 0.1) is 0 Å². The second-order valence-corrected chi connectivity index (χ2v) is 6.29. The highest BCUT2D eigenvalue weighted by molar-refractivity contribution is 8.04. The van der Waals surface area contributed by atoms with Gasteiger partial charge in [0, 0.05) is 10.7 Å². The van der Waals surface area contributed by atoms with Crippen LogP contribution in [0.1, 0.15) is 18.1 Å². The smallest absolute Gasteiger partial charge is 0.0174 e. The highest BCUT2D eigenvalue weighted by atomic mass is 32.2. The molecule has 1 heteroatoms. The molecule has 0 fully saturated rings. The molecule has 1 heterocycles. The van der Waals surface area contributed by atoms with E-state index in [1.807, 2.05) is 30.0 Å². The monoisotopic (exact) mass is 306 g/mol. The van der Waals surface area contributed by atoms with Crippen LogP contribution in [0, 0.1) is 6.92 Å². The molecule has 0 N–H and O–H groups in total. The lowest BCUT2D eigenvalue weighted by Crippen LogP contribution is -1.93. The van der Waals surface area contributed by atoms with E-state index in [2.05, 4.69) is 69.0 Å². The summed E-state index contributed by atoms with van der Waals surface area (Å²) in [5.41, 5.74) is 5.12. The van der Waals surface area contributed by atoms with E-state index in [1.54, 1.807) is 6.08 Å². The molecule has 0 atom stereocenters. The number of benzene rings is 1. The molecule has 0 amide bonds. The van der Waals surface area contributed by atoms with Gasteiger partial charge in [0.15, 0.2) is 0 Å². The summed E-state index contributed by atoms with van der Waals surface area (Å²) in [6.07, 6.45) is 16.5. The lowest BCUT2D eigenvalue weighted by Gasteiger charge is -2.14. The van der Waals surface area contributed by atoms with Crippen LogP contribution in [0.3, 0.4) is 0 Å². The summed E-state index contributed by atoms with van der Waals surface area (Å²) in [5.74, 6) is 1.13. The van der Waals surface area contributed by atoms with Gasteiger partial charge in [-0.15, -0.1) is 11.8 Å². The standard InChI is InChI=1S/C21H22S/c1-4-5-6-7-8-11-18(3)21(16-20-13-14-22-20)19-12-9-10-17(2)15-19/h4-13,15-16H,1,14H2,2-3H3/b6-5+,8-7-,18-11+,21-16-. The quantitative estimate of drug-likeness (QED) is 0.559. The van der Waals surface area contributed by atoms with Crippen LogP contribution in [0.2, 0.25) is 0 Å². The average molecular weight is 306 g/mol. The minimum atomic E-state index is 1.13. The van der Waals surface area contributed by atoms with Crippen molar-refractivity contribution in [2.75, 3.05) is 5.75 Å². The van der Waals surface area contributed by atoms with E-state index in [9.17, 15) is 0 Å². The Bertz CT molecular complexity index is 682. The summed E-state index contributed by atoms with van der Waals surface area (Å²) in [7, 11) is 0. The number of hydrogen-bond donors (Lipinski definition) is 0. The van der Waals surface area contributed by atoms with Gasteiger partial charge in [-0.1, -0.05) is 78.9 Å². The molecular formula is C21H22S. The zero-order valence-corrected chi connectivity index (χ0v) is 14.1. The molecule has 112 valence electrons. The van der Waals surface area contributed by atoms with Crippen LogP contribution >= 0.6 is 11.8 Å². The van der Waals surface area contributed by atoms with E-state index in [1.165, 1.54) is 27.2 Å². The van der Waals surface area contributed by atoms with Crippen molar-refractivity contribution in [3.8, 4) is 0 Å². The summed E-state index contributed by atoms with van der Waals surface area (Å²) in [6, 6.07) is 8.68. The lowest BCUT2D eigenvalue weighted by molar-refractivity contribution is 1.42. The van der Waals surface area contributed by atoms with Crippen LogP contribution < -0.4 is 0 Å². The number of thioether (sulfide) groups is 1. The van der Waals surface area contributed by atoms with Gasteiger partial charge in [-0.3, -0.25) is 0 Å². The third kappa shape index (κ3) is 4.78. The highest BCUT2D eigenvalue weighted by Crippen LogP contribution is 2.33. The molecule has 0 spiro atoms. The van der Waals surface area contributed by atoms with E-state index < -0.39 is 0 Å². The van der Waals surface area contributed by atoms with E-state index >= 15 is 0 Å². The SMILES string of the molecule is C=C/C=C/C=C\C=C(C)\C(=C\C1=CCS1)c1cccc(C)c1. The Hall–Kier alpha value is -1.99. The van der Waals surface area contributed by atoms with Gasteiger partial charge in [0.2, 0.25) is 0 Å². The average Bonchev–Trinajstić information content (AvgIpc) is 2.45. The van der Waals surface area contributed by atoms with Crippen LogP contribution in [0.4, 0.5) is 0 Å². The van der Waals surface area contributed by atoms with Crippen molar-refractivity contribution in [2.24, 2.45) is 0 Å². The predicted molar refractivity (Wildman–Crippen MR) is 102 cm³/mol. The lowest BCUT2D eigenvalue weighted by atomic mass is 9.96. The van der Waals surface area contributed by atoms with Crippen molar-refractivity contribution in [3.63, 3.8) is 0 Å². The molecule has 0 aromatic heterocycles. The third-order valence-corrected chi connectivity index (χ3v) is 4.34. The van der Waals surface area contributed by atoms with Crippen LogP contribution in [-0.2, 0) is 0 Å². The third-order valence-electron chi connectivity index (χ3n) is 3.39. The molecule has 1 aromatic carbocycles. The maximum Gasteiger partial charge on any atom is 0.0174 e. The minimum Gasteiger partial charge on any atom is -0.122 e. The van der Waals surface area contributed by atoms with Crippen molar-refractivity contribution >= 4 is 17.3 Å². The van der Waals surface area contributed by atoms with Crippen molar-refractivity contribution in [1.29, 1.82) is 0 Å². The van der Waals surface area contributed by atoms with Crippen molar-refractivity contribution in [1.82, 2.24) is 0 Å². The molecule has 0 saturated heterocycles. The summed E-state index contributed by atoms with van der Waals surface area (Å²) >= 11 is 1.90. The second kappa shape index (κ2) is 8.45. The molecule has 0 aliphatic carbocycles. The number of rotatable bonds is 6. The Labute approximate surface area is 138 Å². The van der Waals surface area contributed by atoms with Gasteiger partial charge < -0.3 is 0 Å². The summed E-state index contributed by atoms with van der Waals surface area (Å²) in [4.78, 5) is 1.36. The second-order valence-electron chi connectivity index (χ2n) is 5.20. The first-order valence-electron chi connectivity index (χ1n) is 7.45. The van der Waals surface area contributed by atoms with Crippen molar-refractivity contribution in [2.45, 2.75) is 13.8 Å². The minimum absolute atomic E-state index is 1.13. The normalized spacial score (nSPS) is 16.0. The Morgan fingerprint density at radius 2 is 1.95 bits per heavy atom. The first-order valence-corrected chi connectivity index (χ1v) is 8.44. The first-order chi connectivity index (χ1) is 10.7. The van der Waals surface area contributed by atoms with Gasteiger partial charge in [-0.2, -0.15) is 0 Å². The van der Waals surface area contributed by atoms with Gasteiger partial charge in [-0.25, -0.2) is 0 Å². The maximum atomic E-state index is 3.66. The fourth-order valence-electron chi connectivity index (χ4n) is 2.16. The highest BCUT2D eigenvalue weighted by Gasteiger charge is 2.09. The summed E-state index contributed by atoms with van der Waals surface area (Å²) in [6.45, 7) is 7.97. The Morgan fingerprint density at radius 1 is 1.18 bits per heavy atom. The maximum absolute atomic E-state index is 3.66. The Kier molecular flexibility index (Phi) is 6.29. The van der Waals surface area contributed by atoms with Crippen molar-refractivity contribution < 1.29 is 0 Å². The largest absolute Gasteiger partial charge is 0.122 e. The molecule has 1 aromatic rings. The molecule has 2 rings (SSSR count). The van der Waals surface area contributed by atoms with Crippen molar-refractivity contribution in [3.05, 3.63) is 101 Å². The van der Waals surface area contributed by atoms with Crippen LogP contribution in [0.5, 0.6) is 0 Å². The fourth-order valence-corrected chi connectivity index (χ4v) is 2.72. The summed E-state index contributed by atoms with van der Waals surface area (Å²) in [5, 5.41) is 0. The van der Waals surface area contributed by atoms with E-state index in [0.29, 0.717) is 0 Å². The van der Waals surface area contributed by atoms with Crippen LogP contribution in [0.15, 0.2) is 89.9 Å².